The van der Waals surface area contributed by atoms with Crippen LogP contribution >= 0.6 is 0 Å². The number of rotatable bonds is 4. The first-order chi connectivity index (χ1) is 11.3. The van der Waals surface area contributed by atoms with Gasteiger partial charge in [-0.25, -0.2) is 4.98 Å². The van der Waals surface area contributed by atoms with Crippen LogP contribution in [0.25, 0.3) is 16.4 Å². The van der Waals surface area contributed by atoms with Gasteiger partial charge in [0.05, 0.1) is 11.9 Å². The van der Waals surface area contributed by atoms with E-state index >= 15 is 0 Å². The number of benzene rings is 2. The molecule has 0 fully saturated rings. The Kier molecular flexibility index (Phi) is 3.56. The monoisotopic (exact) mass is 303 g/mol. The van der Waals surface area contributed by atoms with E-state index in [1.165, 1.54) is 27.6 Å². The van der Waals surface area contributed by atoms with Crippen LogP contribution in [0.3, 0.4) is 0 Å². The smallest absolute Gasteiger partial charge is 0.136 e. The number of fused-ring (bicyclic) bond motifs is 2. The van der Waals surface area contributed by atoms with Gasteiger partial charge in [0.2, 0.25) is 0 Å². The van der Waals surface area contributed by atoms with Crippen molar-refractivity contribution in [2.24, 2.45) is 0 Å². The second-order valence-corrected chi connectivity index (χ2v) is 5.97. The second kappa shape index (κ2) is 5.86. The van der Waals surface area contributed by atoms with Crippen LogP contribution in [0.4, 0.5) is 0 Å². The molecule has 0 spiro atoms. The number of aromatic nitrogens is 2. The van der Waals surface area contributed by atoms with Gasteiger partial charge in [-0.3, -0.25) is 0 Å². The van der Waals surface area contributed by atoms with E-state index in [1.54, 1.807) is 0 Å². The average molecular weight is 303 g/mol. The standard InChI is InChI=1S/C20H19N3.H2/c1-15-6-9-20-22-13-19(23(20)14-15)12-21-11-16-7-8-17-4-2-3-5-18(17)10-16;/h2-10,13-14,21H,11-12H2,1H3;1H. The summed E-state index contributed by atoms with van der Waals surface area (Å²) in [6.07, 6.45) is 4.08. The van der Waals surface area contributed by atoms with E-state index in [0.29, 0.717) is 0 Å². The van der Waals surface area contributed by atoms with Gasteiger partial charge < -0.3 is 9.72 Å². The molecule has 0 atom stereocenters. The topological polar surface area (TPSA) is 29.3 Å². The summed E-state index contributed by atoms with van der Waals surface area (Å²) in [4.78, 5) is 4.45. The Balaban J connectivity index is 0.00000169. The summed E-state index contributed by atoms with van der Waals surface area (Å²) in [7, 11) is 0. The van der Waals surface area contributed by atoms with Crippen molar-refractivity contribution in [3.63, 3.8) is 0 Å². The highest BCUT2D eigenvalue weighted by atomic mass is 15.0. The van der Waals surface area contributed by atoms with Gasteiger partial charge in [0, 0.05) is 20.7 Å². The van der Waals surface area contributed by atoms with Crippen LogP contribution in [0.2, 0.25) is 0 Å². The molecule has 2 heterocycles. The Hall–Kier alpha value is -2.65. The zero-order valence-electron chi connectivity index (χ0n) is 13.2. The number of nitrogens with one attached hydrogen (secondary N) is 1. The van der Waals surface area contributed by atoms with Crippen molar-refractivity contribution in [1.82, 2.24) is 14.7 Å². The van der Waals surface area contributed by atoms with Crippen molar-refractivity contribution in [1.29, 1.82) is 0 Å². The number of imidazole rings is 1. The van der Waals surface area contributed by atoms with E-state index in [0.717, 1.165) is 18.7 Å². The Morgan fingerprint density at radius 1 is 1.00 bits per heavy atom. The predicted octanol–water partition coefficient (Wildman–Crippen LogP) is 4.33. The minimum atomic E-state index is 0. The Morgan fingerprint density at radius 3 is 2.78 bits per heavy atom. The fourth-order valence-corrected chi connectivity index (χ4v) is 2.95. The van der Waals surface area contributed by atoms with Gasteiger partial charge in [0.15, 0.2) is 0 Å². The van der Waals surface area contributed by atoms with Crippen LogP contribution in [-0.2, 0) is 13.1 Å². The van der Waals surface area contributed by atoms with Gasteiger partial charge in [-0.15, -0.1) is 0 Å². The Labute approximate surface area is 137 Å². The zero-order chi connectivity index (χ0) is 15.6. The summed E-state index contributed by atoms with van der Waals surface area (Å²) in [5.74, 6) is 0. The lowest BCUT2D eigenvalue weighted by atomic mass is 10.1. The third-order valence-electron chi connectivity index (χ3n) is 4.18. The number of pyridine rings is 1. The molecule has 0 radical (unpaired) electrons. The van der Waals surface area contributed by atoms with Crippen molar-refractivity contribution in [3.8, 4) is 0 Å². The molecule has 0 saturated heterocycles. The quantitative estimate of drug-likeness (QED) is 0.608. The number of hydrogen-bond donors (Lipinski definition) is 1. The molecule has 4 rings (SSSR count). The number of hydrogen-bond acceptors (Lipinski definition) is 2. The first kappa shape index (κ1) is 14.0. The van der Waals surface area contributed by atoms with Crippen LogP contribution in [0.15, 0.2) is 67.0 Å². The van der Waals surface area contributed by atoms with Crippen LogP contribution in [-0.4, -0.2) is 9.38 Å². The zero-order valence-corrected chi connectivity index (χ0v) is 13.2. The van der Waals surface area contributed by atoms with E-state index in [9.17, 15) is 0 Å². The molecule has 0 unspecified atom stereocenters. The van der Waals surface area contributed by atoms with Gasteiger partial charge in [-0.2, -0.15) is 0 Å². The highest BCUT2D eigenvalue weighted by Gasteiger charge is 2.03. The van der Waals surface area contributed by atoms with E-state index in [1.807, 2.05) is 6.20 Å². The van der Waals surface area contributed by atoms with E-state index in [4.69, 9.17) is 0 Å². The van der Waals surface area contributed by atoms with Gasteiger partial charge in [0.25, 0.3) is 0 Å². The molecule has 0 aliphatic rings. The summed E-state index contributed by atoms with van der Waals surface area (Å²) in [6, 6.07) is 19.2. The fourth-order valence-electron chi connectivity index (χ4n) is 2.95. The predicted molar refractivity (Wildman–Crippen MR) is 96.5 cm³/mol. The lowest BCUT2D eigenvalue weighted by Crippen LogP contribution is -2.14. The van der Waals surface area contributed by atoms with Gasteiger partial charge in [-0.1, -0.05) is 42.5 Å². The first-order valence-corrected chi connectivity index (χ1v) is 7.90. The molecular weight excluding hydrogens is 282 g/mol. The maximum Gasteiger partial charge on any atom is 0.136 e. The molecule has 2 aromatic carbocycles. The molecule has 0 bridgehead atoms. The molecule has 1 N–H and O–H groups in total. The Bertz CT molecular complexity index is 975. The summed E-state index contributed by atoms with van der Waals surface area (Å²) in [5.41, 5.74) is 4.72. The molecule has 23 heavy (non-hydrogen) atoms. The molecule has 0 aliphatic carbocycles. The van der Waals surface area contributed by atoms with Crippen LogP contribution in [0.5, 0.6) is 0 Å². The lowest BCUT2D eigenvalue weighted by molar-refractivity contribution is 0.676. The van der Waals surface area contributed by atoms with E-state index in [2.05, 4.69) is 82.4 Å². The molecule has 0 aliphatic heterocycles. The summed E-state index contributed by atoms with van der Waals surface area (Å²) in [5, 5.41) is 6.09. The summed E-state index contributed by atoms with van der Waals surface area (Å²) in [6.45, 7) is 3.76. The molecule has 4 aromatic rings. The summed E-state index contributed by atoms with van der Waals surface area (Å²) >= 11 is 0. The molecule has 2 aromatic heterocycles. The highest BCUT2D eigenvalue weighted by molar-refractivity contribution is 5.82. The van der Waals surface area contributed by atoms with Crippen molar-refractivity contribution in [2.75, 3.05) is 0 Å². The van der Waals surface area contributed by atoms with E-state index in [-0.39, 0.29) is 1.43 Å². The van der Waals surface area contributed by atoms with Gasteiger partial charge in [0.1, 0.15) is 5.65 Å². The Morgan fingerprint density at radius 2 is 1.87 bits per heavy atom. The molecular formula is C20H21N3. The average Bonchev–Trinajstić information content (AvgIpc) is 2.97. The van der Waals surface area contributed by atoms with E-state index < -0.39 is 0 Å². The number of aryl methyl sites for hydroxylation is 1. The van der Waals surface area contributed by atoms with Crippen LogP contribution in [0, 0.1) is 6.92 Å². The fraction of sp³-hybridized carbons (Fsp3) is 0.150. The normalized spacial score (nSPS) is 11.3. The van der Waals surface area contributed by atoms with Crippen molar-refractivity contribution in [2.45, 2.75) is 20.0 Å². The minimum absolute atomic E-state index is 0. The lowest BCUT2D eigenvalue weighted by Gasteiger charge is -2.07. The van der Waals surface area contributed by atoms with Gasteiger partial charge >= 0.3 is 0 Å². The van der Waals surface area contributed by atoms with Crippen LogP contribution < -0.4 is 5.32 Å². The van der Waals surface area contributed by atoms with Crippen molar-refractivity contribution >= 4 is 16.4 Å². The highest BCUT2D eigenvalue weighted by Crippen LogP contribution is 2.15. The molecule has 0 amide bonds. The molecule has 0 saturated carbocycles. The third-order valence-corrected chi connectivity index (χ3v) is 4.18. The second-order valence-electron chi connectivity index (χ2n) is 5.97. The van der Waals surface area contributed by atoms with Gasteiger partial charge in [-0.05, 0) is 41.0 Å². The summed E-state index contributed by atoms with van der Waals surface area (Å²) < 4.78 is 2.16. The van der Waals surface area contributed by atoms with Crippen LogP contribution in [0.1, 0.15) is 18.2 Å². The molecule has 3 heteroatoms. The number of nitrogens with zero attached hydrogens (tertiary/aromatic N) is 2. The largest absolute Gasteiger partial charge is 0.307 e. The maximum absolute atomic E-state index is 4.45. The maximum atomic E-state index is 4.45. The minimum Gasteiger partial charge on any atom is -0.307 e. The molecule has 116 valence electrons. The van der Waals surface area contributed by atoms with Crippen molar-refractivity contribution < 1.29 is 1.43 Å². The third kappa shape index (κ3) is 2.83. The first-order valence-electron chi connectivity index (χ1n) is 7.90. The SMILES string of the molecule is Cc1ccc2ncc(CNCc3ccc4ccccc4c3)n2c1.[HH]. The molecule has 3 nitrogen and oxygen atoms in total. The van der Waals surface area contributed by atoms with Crippen molar-refractivity contribution in [3.05, 3.63) is 83.8 Å².